The molecule has 1 aromatic rings. The fraction of sp³-hybridized carbons (Fsp3) is 0.750. The molecule has 2 aliphatic rings. The van der Waals surface area contributed by atoms with Crippen LogP contribution in [0.25, 0.3) is 0 Å². The van der Waals surface area contributed by atoms with Crippen LogP contribution < -0.4 is 10.6 Å². The van der Waals surface area contributed by atoms with Gasteiger partial charge in [0.15, 0.2) is 0 Å². The van der Waals surface area contributed by atoms with Crippen LogP contribution in [-0.4, -0.2) is 33.8 Å². The van der Waals surface area contributed by atoms with Crippen LogP contribution in [0.3, 0.4) is 0 Å². The van der Waals surface area contributed by atoms with E-state index in [0.29, 0.717) is 5.82 Å². The quantitative estimate of drug-likeness (QED) is 0.637. The molecule has 1 aliphatic carbocycles. The van der Waals surface area contributed by atoms with Gasteiger partial charge in [-0.25, -0.2) is 4.68 Å². The molecule has 0 radical (unpaired) electrons. The third-order valence-corrected chi connectivity index (χ3v) is 4.33. The van der Waals surface area contributed by atoms with Crippen molar-refractivity contribution in [3.8, 4) is 0 Å². The summed E-state index contributed by atoms with van der Waals surface area (Å²) in [5.74, 6) is 0.616. The molecule has 0 aromatic carbocycles. The summed E-state index contributed by atoms with van der Waals surface area (Å²) in [5.41, 5.74) is 6.50. The molecule has 7 nitrogen and oxygen atoms in total. The van der Waals surface area contributed by atoms with Crippen LogP contribution in [0.2, 0.25) is 0 Å². The van der Waals surface area contributed by atoms with Gasteiger partial charge in [-0.1, -0.05) is 0 Å². The number of aryl methyl sites for hydroxylation is 1. The van der Waals surface area contributed by atoms with Gasteiger partial charge in [-0.15, -0.1) is 0 Å². The van der Waals surface area contributed by atoms with E-state index in [4.69, 9.17) is 5.73 Å². The first-order valence-electron chi connectivity index (χ1n) is 6.68. The third-order valence-electron chi connectivity index (χ3n) is 4.33. The third kappa shape index (κ3) is 2.18. The van der Waals surface area contributed by atoms with E-state index in [-0.39, 0.29) is 22.1 Å². The normalized spacial score (nSPS) is 25.4. The van der Waals surface area contributed by atoms with Crippen LogP contribution in [-0.2, 0) is 7.05 Å². The van der Waals surface area contributed by atoms with Crippen LogP contribution in [0.4, 0.5) is 11.5 Å². The van der Waals surface area contributed by atoms with E-state index < -0.39 is 0 Å². The Morgan fingerprint density at radius 3 is 2.95 bits per heavy atom. The molecule has 1 aromatic heterocycles. The minimum Gasteiger partial charge on any atom is -0.350 e. The summed E-state index contributed by atoms with van der Waals surface area (Å²) in [7, 11) is 1.76. The standard InChI is InChI=1S/C12H19N5O2/c1-15-11(10(7-14-15)17(18)19)16-5-2-9(13)6-12(8-16)3-4-12/h7,9H,2-6,8,13H2,1H3. The molecule has 1 unspecified atom stereocenters. The number of hydrogen-bond acceptors (Lipinski definition) is 5. The number of anilines is 1. The Bertz CT molecular complexity index is 508. The molecule has 1 saturated carbocycles. The Balaban J connectivity index is 1.93. The van der Waals surface area contributed by atoms with Crippen LogP contribution in [0, 0.1) is 15.5 Å². The summed E-state index contributed by atoms with van der Waals surface area (Å²) >= 11 is 0. The summed E-state index contributed by atoms with van der Waals surface area (Å²) in [6.45, 7) is 1.63. The van der Waals surface area contributed by atoms with Crippen LogP contribution in [0.5, 0.6) is 0 Å². The Kier molecular flexibility index (Phi) is 2.74. The summed E-state index contributed by atoms with van der Waals surface area (Å²) in [6.07, 6.45) is 5.62. The van der Waals surface area contributed by atoms with Crippen molar-refractivity contribution in [1.29, 1.82) is 0 Å². The molecular formula is C12H19N5O2. The number of hydrogen-bond donors (Lipinski definition) is 1. The lowest BCUT2D eigenvalue weighted by atomic mass is 9.97. The molecule has 2 heterocycles. The zero-order valence-corrected chi connectivity index (χ0v) is 11.1. The van der Waals surface area contributed by atoms with Crippen molar-refractivity contribution < 1.29 is 4.92 Å². The minimum absolute atomic E-state index is 0.0915. The number of nitro groups is 1. The summed E-state index contributed by atoms with van der Waals surface area (Å²) in [5, 5.41) is 15.1. The lowest BCUT2D eigenvalue weighted by Crippen LogP contribution is -2.31. The number of nitrogens with zero attached hydrogens (tertiary/aromatic N) is 4. The summed E-state index contributed by atoms with van der Waals surface area (Å²) in [4.78, 5) is 12.9. The van der Waals surface area contributed by atoms with E-state index >= 15 is 0 Å². The van der Waals surface area contributed by atoms with Crippen molar-refractivity contribution in [3.63, 3.8) is 0 Å². The fourth-order valence-corrected chi connectivity index (χ4v) is 3.16. The van der Waals surface area contributed by atoms with Crippen molar-refractivity contribution >= 4 is 11.5 Å². The number of nitrogens with two attached hydrogens (primary N) is 1. The molecule has 1 spiro atoms. The molecule has 19 heavy (non-hydrogen) atoms. The average Bonchev–Trinajstić information content (AvgIpc) is 3.01. The van der Waals surface area contributed by atoms with E-state index in [9.17, 15) is 10.1 Å². The Morgan fingerprint density at radius 1 is 1.58 bits per heavy atom. The van der Waals surface area contributed by atoms with Crippen molar-refractivity contribution in [2.75, 3.05) is 18.0 Å². The highest BCUT2D eigenvalue weighted by Gasteiger charge is 2.47. The second-order valence-electron chi connectivity index (χ2n) is 5.91. The summed E-state index contributed by atoms with van der Waals surface area (Å²) < 4.78 is 1.60. The zero-order valence-electron chi connectivity index (χ0n) is 11.1. The number of aromatic nitrogens is 2. The minimum atomic E-state index is -0.354. The highest BCUT2D eigenvalue weighted by atomic mass is 16.6. The highest BCUT2D eigenvalue weighted by Crippen LogP contribution is 2.52. The molecule has 104 valence electrons. The van der Waals surface area contributed by atoms with Gasteiger partial charge in [0.25, 0.3) is 0 Å². The van der Waals surface area contributed by atoms with E-state index in [1.54, 1.807) is 11.7 Å². The first-order chi connectivity index (χ1) is 9.01. The van der Waals surface area contributed by atoms with Crippen LogP contribution in [0.15, 0.2) is 6.20 Å². The molecule has 0 amide bonds. The fourth-order valence-electron chi connectivity index (χ4n) is 3.16. The maximum Gasteiger partial charge on any atom is 0.331 e. The zero-order chi connectivity index (χ0) is 13.6. The smallest absolute Gasteiger partial charge is 0.331 e. The molecule has 1 saturated heterocycles. The van der Waals surface area contributed by atoms with E-state index in [0.717, 1.165) is 25.9 Å². The Morgan fingerprint density at radius 2 is 2.32 bits per heavy atom. The van der Waals surface area contributed by atoms with Gasteiger partial charge in [0.2, 0.25) is 5.82 Å². The molecular weight excluding hydrogens is 246 g/mol. The van der Waals surface area contributed by atoms with Gasteiger partial charge >= 0.3 is 5.69 Å². The maximum atomic E-state index is 11.1. The molecule has 0 bridgehead atoms. The van der Waals surface area contributed by atoms with E-state index in [2.05, 4.69) is 10.00 Å². The SMILES string of the molecule is Cn1ncc([N+](=O)[O-])c1N1CCC(N)CC2(CC2)C1. The molecule has 3 rings (SSSR count). The van der Waals surface area contributed by atoms with Gasteiger partial charge in [0.05, 0.1) is 4.92 Å². The van der Waals surface area contributed by atoms with Gasteiger partial charge in [0, 0.05) is 26.2 Å². The second-order valence-corrected chi connectivity index (χ2v) is 5.91. The highest BCUT2D eigenvalue weighted by molar-refractivity contribution is 5.58. The van der Waals surface area contributed by atoms with Gasteiger partial charge in [-0.3, -0.25) is 10.1 Å². The maximum absolute atomic E-state index is 11.1. The van der Waals surface area contributed by atoms with Crippen LogP contribution >= 0.6 is 0 Å². The van der Waals surface area contributed by atoms with E-state index in [1.807, 2.05) is 0 Å². The first-order valence-corrected chi connectivity index (χ1v) is 6.68. The largest absolute Gasteiger partial charge is 0.350 e. The van der Waals surface area contributed by atoms with Gasteiger partial charge in [0.1, 0.15) is 6.20 Å². The lowest BCUT2D eigenvalue weighted by Gasteiger charge is -2.25. The predicted molar refractivity (Wildman–Crippen MR) is 71.0 cm³/mol. The predicted octanol–water partition coefficient (Wildman–Crippen LogP) is 1.04. The van der Waals surface area contributed by atoms with Crippen molar-refractivity contribution in [3.05, 3.63) is 16.3 Å². The van der Waals surface area contributed by atoms with Gasteiger partial charge in [-0.2, -0.15) is 5.10 Å². The number of rotatable bonds is 2. The molecule has 2 N–H and O–H groups in total. The topological polar surface area (TPSA) is 90.2 Å². The summed E-state index contributed by atoms with van der Waals surface area (Å²) in [6, 6.07) is 0.208. The second kappa shape index (κ2) is 4.19. The van der Waals surface area contributed by atoms with Crippen molar-refractivity contribution in [1.82, 2.24) is 9.78 Å². The molecule has 2 fully saturated rings. The Hall–Kier alpha value is -1.63. The van der Waals surface area contributed by atoms with Crippen molar-refractivity contribution in [2.24, 2.45) is 18.2 Å². The van der Waals surface area contributed by atoms with Gasteiger partial charge < -0.3 is 10.6 Å². The van der Waals surface area contributed by atoms with Gasteiger partial charge in [-0.05, 0) is 31.1 Å². The van der Waals surface area contributed by atoms with Crippen molar-refractivity contribution in [2.45, 2.75) is 31.7 Å². The Labute approximate surface area is 111 Å². The van der Waals surface area contributed by atoms with E-state index in [1.165, 1.54) is 19.0 Å². The molecule has 1 atom stereocenters. The monoisotopic (exact) mass is 265 g/mol. The van der Waals surface area contributed by atoms with Crippen LogP contribution in [0.1, 0.15) is 25.7 Å². The molecule has 7 heteroatoms. The molecule has 1 aliphatic heterocycles. The first kappa shape index (κ1) is 12.4. The average molecular weight is 265 g/mol. The lowest BCUT2D eigenvalue weighted by molar-refractivity contribution is -0.384.